The number of anilines is 1. The molecule has 2 heterocycles. The highest BCUT2D eigenvalue weighted by molar-refractivity contribution is 7.15. The maximum Gasteiger partial charge on any atom is 0.254 e. The van der Waals surface area contributed by atoms with Gasteiger partial charge in [-0.05, 0) is 35.7 Å². The standard InChI is InChI=1S/C24H26N4O3S/c1-4-5-10-19-26-27-24(32-19)25-22(29)20-17-8-6-7-9-18(17)23(30)28(2)21(20)15-11-13-16(31-3)14-12-15/h6-9,11-14,20-21H,4-5,10H2,1-3H3,(H,25,27,29)/t20-,21-/m1/s1. The first-order chi connectivity index (χ1) is 15.5. The smallest absolute Gasteiger partial charge is 0.254 e. The van der Waals surface area contributed by atoms with Gasteiger partial charge in [-0.15, -0.1) is 10.2 Å². The van der Waals surface area contributed by atoms with E-state index in [9.17, 15) is 9.59 Å². The average molecular weight is 451 g/mol. The van der Waals surface area contributed by atoms with Gasteiger partial charge in [0, 0.05) is 19.0 Å². The number of hydrogen-bond donors (Lipinski definition) is 1. The molecule has 2 amide bonds. The fraction of sp³-hybridized carbons (Fsp3) is 0.333. The zero-order valence-corrected chi connectivity index (χ0v) is 19.2. The molecule has 1 N–H and O–H groups in total. The first kappa shape index (κ1) is 22.0. The van der Waals surface area contributed by atoms with Crippen LogP contribution in [0.4, 0.5) is 5.13 Å². The molecule has 1 aliphatic rings. The normalized spacial score (nSPS) is 17.7. The zero-order chi connectivity index (χ0) is 22.7. The Bertz CT molecular complexity index is 1110. The van der Waals surface area contributed by atoms with Crippen LogP contribution in [0.5, 0.6) is 5.75 Å². The third-order valence-electron chi connectivity index (χ3n) is 5.76. The third-order valence-corrected chi connectivity index (χ3v) is 6.66. The lowest BCUT2D eigenvalue weighted by Gasteiger charge is -2.39. The lowest BCUT2D eigenvalue weighted by molar-refractivity contribution is -0.119. The highest BCUT2D eigenvalue weighted by Crippen LogP contribution is 2.42. The number of hydrogen-bond acceptors (Lipinski definition) is 6. The maximum atomic E-state index is 13.6. The molecule has 0 aliphatic carbocycles. The number of nitrogens with one attached hydrogen (secondary N) is 1. The zero-order valence-electron chi connectivity index (χ0n) is 18.4. The van der Waals surface area contributed by atoms with E-state index in [0.29, 0.717) is 22.0 Å². The summed E-state index contributed by atoms with van der Waals surface area (Å²) in [5.41, 5.74) is 2.11. The summed E-state index contributed by atoms with van der Waals surface area (Å²) in [5.74, 6) is -0.197. The summed E-state index contributed by atoms with van der Waals surface area (Å²) in [4.78, 5) is 28.3. The topological polar surface area (TPSA) is 84.4 Å². The molecule has 0 unspecified atom stereocenters. The molecule has 3 aromatic rings. The van der Waals surface area contributed by atoms with E-state index >= 15 is 0 Å². The van der Waals surface area contributed by atoms with Gasteiger partial charge >= 0.3 is 0 Å². The highest BCUT2D eigenvalue weighted by atomic mass is 32.1. The summed E-state index contributed by atoms with van der Waals surface area (Å²) in [5, 5.41) is 12.7. The van der Waals surface area contributed by atoms with Crippen LogP contribution in [0.15, 0.2) is 48.5 Å². The van der Waals surface area contributed by atoms with Gasteiger partial charge in [0.1, 0.15) is 10.8 Å². The van der Waals surface area contributed by atoms with Crippen molar-refractivity contribution in [3.63, 3.8) is 0 Å². The number of likely N-dealkylation sites (N-methyl/N-ethyl adjacent to an activating group) is 1. The van der Waals surface area contributed by atoms with Gasteiger partial charge in [-0.1, -0.05) is 55.0 Å². The fourth-order valence-corrected chi connectivity index (χ4v) is 4.88. The van der Waals surface area contributed by atoms with E-state index in [1.807, 2.05) is 42.5 Å². The monoisotopic (exact) mass is 450 g/mol. The van der Waals surface area contributed by atoms with Gasteiger partial charge in [0.2, 0.25) is 11.0 Å². The lowest BCUT2D eigenvalue weighted by Crippen LogP contribution is -2.44. The van der Waals surface area contributed by atoms with Gasteiger partial charge in [-0.25, -0.2) is 0 Å². The van der Waals surface area contributed by atoms with Crippen molar-refractivity contribution >= 4 is 28.3 Å². The SMILES string of the molecule is CCCCc1nnc(NC(=O)[C@@H]2c3ccccc3C(=O)N(C)[C@@H]2c2ccc(OC)cc2)s1. The van der Waals surface area contributed by atoms with Crippen molar-refractivity contribution in [1.82, 2.24) is 15.1 Å². The highest BCUT2D eigenvalue weighted by Gasteiger charge is 2.42. The lowest BCUT2D eigenvalue weighted by atomic mass is 9.79. The minimum Gasteiger partial charge on any atom is -0.497 e. The Labute approximate surface area is 191 Å². The number of aryl methyl sites for hydroxylation is 1. The molecule has 0 fully saturated rings. The van der Waals surface area contributed by atoms with E-state index in [-0.39, 0.29) is 11.8 Å². The fourth-order valence-electron chi connectivity index (χ4n) is 4.09. The summed E-state index contributed by atoms with van der Waals surface area (Å²) in [6, 6.07) is 14.3. The van der Waals surface area contributed by atoms with E-state index in [2.05, 4.69) is 22.4 Å². The molecule has 1 aromatic heterocycles. The van der Waals surface area contributed by atoms with Crippen LogP contribution >= 0.6 is 11.3 Å². The Hall–Kier alpha value is -3.26. The molecule has 4 rings (SSSR count). The third kappa shape index (κ3) is 4.23. The molecular weight excluding hydrogens is 424 g/mol. The molecule has 0 spiro atoms. The van der Waals surface area contributed by atoms with Crippen LogP contribution in [0.25, 0.3) is 0 Å². The number of unbranched alkanes of at least 4 members (excludes halogenated alkanes) is 1. The minimum atomic E-state index is -0.592. The van der Waals surface area contributed by atoms with E-state index in [1.54, 1.807) is 25.1 Å². The molecule has 8 heteroatoms. The first-order valence-electron chi connectivity index (χ1n) is 10.7. The number of benzene rings is 2. The number of nitrogens with zero attached hydrogens (tertiary/aromatic N) is 3. The molecule has 32 heavy (non-hydrogen) atoms. The molecule has 0 saturated carbocycles. The number of methoxy groups -OCH3 is 1. The molecule has 166 valence electrons. The van der Waals surface area contributed by atoms with Crippen molar-refractivity contribution in [3.05, 3.63) is 70.2 Å². The molecule has 2 atom stereocenters. The van der Waals surface area contributed by atoms with Crippen LogP contribution in [-0.4, -0.2) is 41.1 Å². The minimum absolute atomic E-state index is 0.108. The van der Waals surface area contributed by atoms with E-state index < -0.39 is 12.0 Å². The van der Waals surface area contributed by atoms with Gasteiger partial charge in [0.15, 0.2) is 0 Å². The summed E-state index contributed by atoms with van der Waals surface area (Å²) >= 11 is 1.40. The second kappa shape index (κ2) is 9.48. The Morgan fingerprint density at radius 2 is 1.91 bits per heavy atom. The van der Waals surface area contributed by atoms with Crippen molar-refractivity contribution in [2.75, 3.05) is 19.5 Å². The number of amides is 2. The van der Waals surface area contributed by atoms with E-state index in [0.717, 1.165) is 29.8 Å². The number of fused-ring (bicyclic) bond motifs is 1. The Morgan fingerprint density at radius 1 is 1.16 bits per heavy atom. The number of carbonyl (C=O) groups is 2. The largest absolute Gasteiger partial charge is 0.497 e. The predicted octanol–water partition coefficient (Wildman–Crippen LogP) is 4.44. The van der Waals surface area contributed by atoms with Crippen molar-refractivity contribution in [3.8, 4) is 5.75 Å². The molecule has 0 saturated heterocycles. The number of aromatic nitrogens is 2. The van der Waals surface area contributed by atoms with Gasteiger partial charge in [-0.3, -0.25) is 14.9 Å². The second-order valence-corrected chi connectivity index (χ2v) is 8.85. The van der Waals surface area contributed by atoms with Gasteiger partial charge in [-0.2, -0.15) is 0 Å². The summed E-state index contributed by atoms with van der Waals surface area (Å²) in [6.07, 6.45) is 2.96. The summed E-state index contributed by atoms with van der Waals surface area (Å²) in [6.45, 7) is 2.13. The van der Waals surface area contributed by atoms with Crippen molar-refractivity contribution < 1.29 is 14.3 Å². The van der Waals surface area contributed by atoms with Crippen LogP contribution in [0, 0.1) is 0 Å². The van der Waals surface area contributed by atoms with Crippen LogP contribution in [-0.2, 0) is 11.2 Å². The van der Waals surface area contributed by atoms with E-state index in [1.165, 1.54) is 11.3 Å². The van der Waals surface area contributed by atoms with Crippen LogP contribution in [0.3, 0.4) is 0 Å². The van der Waals surface area contributed by atoms with Crippen LogP contribution in [0.1, 0.15) is 58.2 Å². The molecule has 0 radical (unpaired) electrons. The maximum absolute atomic E-state index is 13.6. The number of ether oxygens (including phenoxy) is 1. The van der Waals surface area contributed by atoms with E-state index in [4.69, 9.17) is 4.74 Å². The predicted molar refractivity (Wildman–Crippen MR) is 124 cm³/mol. The van der Waals surface area contributed by atoms with Crippen molar-refractivity contribution in [2.45, 2.75) is 38.1 Å². The van der Waals surface area contributed by atoms with Crippen LogP contribution < -0.4 is 10.1 Å². The number of rotatable bonds is 7. The first-order valence-corrected chi connectivity index (χ1v) is 11.5. The number of carbonyl (C=O) groups excluding carboxylic acids is 2. The molecule has 0 bridgehead atoms. The summed E-state index contributed by atoms with van der Waals surface area (Å²) < 4.78 is 5.27. The Balaban J connectivity index is 1.70. The average Bonchev–Trinajstić information content (AvgIpc) is 3.27. The van der Waals surface area contributed by atoms with Gasteiger partial charge in [0.05, 0.1) is 19.1 Å². The van der Waals surface area contributed by atoms with Crippen LogP contribution in [0.2, 0.25) is 0 Å². The molecule has 7 nitrogen and oxygen atoms in total. The van der Waals surface area contributed by atoms with Gasteiger partial charge in [0.25, 0.3) is 5.91 Å². The van der Waals surface area contributed by atoms with Crippen molar-refractivity contribution in [1.29, 1.82) is 0 Å². The Kier molecular flexibility index (Phi) is 6.50. The Morgan fingerprint density at radius 3 is 2.62 bits per heavy atom. The second-order valence-electron chi connectivity index (χ2n) is 7.79. The molecule has 2 aromatic carbocycles. The van der Waals surface area contributed by atoms with Gasteiger partial charge < -0.3 is 9.64 Å². The quantitative estimate of drug-likeness (QED) is 0.575. The molecule has 1 aliphatic heterocycles. The van der Waals surface area contributed by atoms with Crippen molar-refractivity contribution in [2.24, 2.45) is 0 Å². The molecular formula is C24H26N4O3S. The summed E-state index contributed by atoms with van der Waals surface area (Å²) in [7, 11) is 3.34.